The summed E-state index contributed by atoms with van der Waals surface area (Å²) in [6.07, 6.45) is 6.11. The van der Waals surface area contributed by atoms with Crippen LogP contribution in [-0.4, -0.2) is 13.1 Å². The molecule has 1 aliphatic rings. The lowest BCUT2D eigenvalue weighted by atomic mass is 9.79. The Morgan fingerprint density at radius 3 is 2.75 bits per heavy atom. The van der Waals surface area contributed by atoms with Gasteiger partial charge in [-0.3, -0.25) is 4.79 Å². The second-order valence-electron chi connectivity index (χ2n) is 4.07. The Morgan fingerprint density at radius 1 is 1.31 bits per heavy atom. The van der Waals surface area contributed by atoms with Gasteiger partial charge in [0, 0.05) is 5.92 Å². The van der Waals surface area contributed by atoms with E-state index in [9.17, 15) is 4.79 Å². The van der Waals surface area contributed by atoms with Crippen LogP contribution in [0.1, 0.15) is 24.3 Å². The number of hydrogen-bond donors (Lipinski definition) is 0. The van der Waals surface area contributed by atoms with Gasteiger partial charge in [-0.1, -0.05) is 42.5 Å². The van der Waals surface area contributed by atoms with E-state index < -0.39 is 0 Å². The van der Waals surface area contributed by atoms with Crippen LogP contribution in [0.2, 0.25) is 0 Å². The van der Waals surface area contributed by atoms with Crippen molar-refractivity contribution >= 4 is 5.97 Å². The summed E-state index contributed by atoms with van der Waals surface area (Å²) >= 11 is 0. The Balaban J connectivity index is 2.26. The molecule has 0 spiro atoms. The molecule has 2 unspecified atom stereocenters. The molecule has 2 heteroatoms. The third kappa shape index (κ3) is 2.16. The maximum atomic E-state index is 11.7. The molecule has 2 atom stereocenters. The summed E-state index contributed by atoms with van der Waals surface area (Å²) in [5, 5.41) is 0. The molecular formula is C14H16O2. The average molecular weight is 216 g/mol. The molecule has 0 bridgehead atoms. The zero-order valence-corrected chi connectivity index (χ0v) is 9.43. The van der Waals surface area contributed by atoms with Crippen LogP contribution in [0.3, 0.4) is 0 Å². The highest BCUT2D eigenvalue weighted by atomic mass is 16.5. The monoisotopic (exact) mass is 216 g/mol. The third-order valence-electron chi connectivity index (χ3n) is 3.11. The first-order valence-electron chi connectivity index (χ1n) is 5.62. The van der Waals surface area contributed by atoms with Crippen LogP contribution in [0.25, 0.3) is 0 Å². The van der Waals surface area contributed by atoms with E-state index in [2.05, 4.69) is 24.3 Å². The molecule has 0 saturated heterocycles. The summed E-state index contributed by atoms with van der Waals surface area (Å²) < 4.78 is 4.87. The number of allylic oxidation sites excluding steroid dienone is 2. The molecule has 0 aliphatic heterocycles. The van der Waals surface area contributed by atoms with Crippen LogP contribution in [0.4, 0.5) is 0 Å². The van der Waals surface area contributed by atoms with Crippen LogP contribution < -0.4 is 0 Å². The summed E-state index contributed by atoms with van der Waals surface area (Å²) in [5.74, 6) is 0.0398. The predicted molar refractivity (Wildman–Crippen MR) is 63.1 cm³/mol. The number of esters is 1. The van der Waals surface area contributed by atoms with Gasteiger partial charge in [0.15, 0.2) is 0 Å². The number of methoxy groups -OCH3 is 1. The van der Waals surface area contributed by atoms with Gasteiger partial charge in [0.1, 0.15) is 0 Å². The number of rotatable bonds is 2. The molecule has 0 radical (unpaired) electrons. The zero-order valence-electron chi connectivity index (χ0n) is 9.43. The lowest BCUT2D eigenvalue weighted by Crippen LogP contribution is -2.24. The van der Waals surface area contributed by atoms with Gasteiger partial charge in [-0.2, -0.15) is 0 Å². The molecule has 0 fully saturated rings. The summed E-state index contributed by atoms with van der Waals surface area (Å²) in [4.78, 5) is 11.7. The van der Waals surface area contributed by atoms with Crippen molar-refractivity contribution in [2.75, 3.05) is 7.11 Å². The maximum absolute atomic E-state index is 11.7. The number of hydrogen-bond acceptors (Lipinski definition) is 2. The van der Waals surface area contributed by atoms with Gasteiger partial charge in [0.2, 0.25) is 0 Å². The fourth-order valence-electron chi connectivity index (χ4n) is 2.27. The molecule has 0 amide bonds. The first-order valence-corrected chi connectivity index (χ1v) is 5.62. The highest BCUT2D eigenvalue weighted by Gasteiger charge is 2.29. The molecule has 1 aromatic carbocycles. The van der Waals surface area contributed by atoms with Crippen LogP contribution in [0.5, 0.6) is 0 Å². The molecule has 0 heterocycles. The molecule has 2 rings (SSSR count). The highest BCUT2D eigenvalue weighted by molar-refractivity contribution is 5.74. The number of carbonyl (C=O) groups excluding carboxylic acids is 1. The largest absolute Gasteiger partial charge is 0.469 e. The fraction of sp³-hybridized carbons (Fsp3) is 0.357. The van der Waals surface area contributed by atoms with E-state index in [1.807, 2.05) is 18.2 Å². The van der Waals surface area contributed by atoms with Gasteiger partial charge >= 0.3 is 5.97 Å². The van der Waals surface area contributed by atoms with Gasteiger partial charge in [0.25, 0.3) is 0 Å². The third-order valence-corrected chi connectivity index (χ3v) is 3.11. The molecule has 0 aromatic heterocycles. The quantitative estimate of drug-likeness (QED) is 0.561. The van der Waals surface area contributed by atoms with Crippen molar-refractivity contribution in [1.29, 1.82) is 0 Å². The average Bonchev–Trinajstić information content (AvgIpc) is 2.39. The Morgan fingerprint density at radius 2 is 2.06 bits per heavy atom. The SMILES string of the molecule is COC(=O)C1CCC=CC1c1ccccc1. The van der Waals surface area contributed by atoms with Gasteiger partial charge in [-0.05, 0) is 18.4 Å². The molecule has 1 aliphatic carbocycles. The second-order valence-corrected chi connectivity index (χ2v) is 4.07. The van der Waals surface area contributed by atoms with E-state index in [1.165, 1.54) is 12.7 Å². The van der Waals surface area contributed by atoms with Gasteiger partial charge < -0.3 is 4.74 Å². The summed E-state index contributed by atoms with van der Waals surface area (Å²) in [7, 11) is 1.46. The minimum Gasteiger partial charge on any atom is -0.469 e. The van der Waals surface area contributed by atoms with E-state index in [0.717, 1.165) is 12.8 Å². The normalized spacial score (nSPS) is 24.1. The van der Waals surface area contributed by atoms with E-state index in [1.54, 1.807) is 0 Å². The summed E-state index contributed by atoms with van der Waals surface area (Å²) in [6, 6.07) is 10.1. The highest BCUT2D eigenvalue weighted by Crippen LogP contribution is 2.33. The van der Waals surface area contributed by atoms with Gasteiger partial charge in [-0.15, -0.1) is 0 Å². The van der Waals surface area contributed by atoms with Gasteiger partial charge in [-0.25, -0.2) is 0 Å². The maximum Gasteiger partial charge on any atom is 0.309 e. The minimum absolute atomic E-state index is 0.0302. The van der Waals surface area contributed by atoms with Crippen molar-refractivity contribution in [3.8, 4) is 0 Å². The minimum atomic E-state index is -0.0989. The first kappa shape index (κ1) is 10.9. The second kappa shape index (κ2) is 4.97. The van der Waals surface area contributed by atoms with Crippen molar-refractivity contribution in [1.82, 2.24) is 0 Å². The van der Waals surface area contributed by atoms with E-state index >= 15 is 0 Å². The van der Waals surface area contributed by atoms with Crippen LogP contribution in [0.15, 0.2) is 42.5 Å². The smallest absolute Gasteiger partial charge is 0.309 e. The topological polar surface area (TPSA) is 26.3 Å². The Labute approximate surface area is 95.9 Å². The van der Waals surface area contributed by atoms with E-state index in [0.29, 0.717) is 0 Å². The Bertz CT molecular complexity index is 381. The Hall–Kier alpha value is -1.57. The van der Waals surface area contributed by atoms with E-state index in [-0.39, 0.29) is 17.8 Å². The standard InChI is InChI=1S/C14H16O2/c1-16-14(15)13-10-6-5-9-12(13)11-7-3-2-4-8-11/h2-5,7-9,12-13H,6,10H2,1H3. The van der Waals surface area contributed by atoms with Crippen molar-refractivity contribution in [3.63, 3.8) is 0 Å². The molecular weight excluding hydrogens is 200 g/mol. The van der Waals surface area contributed by atoms with Crippen molar-refractivity contribution < 1.29 is 9.53 Å². The lowest BCUT2D eigenvalue weighted by molar-refractivity contribution is -0.146. The van der Waals surface area contributed by atoms with Crippen molar-refractivity contribution in [2.45, 2.75) is 18.8 Å². The van der Waals surface area contributed by atoms with Crippen molar-refractivity contribution in [2.24, 2.45) is 5.92 Å². The number of carbonyl (C=O) groups is 1. The molecule has 0 N–H and O–H groups in total. The van der Waals surface area contributed by atoms with Crippen LogP contribution in [-0.2, 0) is 9.53 Å². The fourth-order valence-corrected chi connectivity index (χ4v) is 2.27. The summed E-state index contributed by atoms with van der Waals surface area (Å²) in [6.45, 7) is 0. The Kier molecular flexibility index (Phi) is 3.40. The number of ether oxygens (including phenoxy) is 1. The van der Waals surface area contributed by atoms with Crippen molar-refractivity contribution in [3.05, 3.63) is 48.0 Å². The predicted octanol–water partition coefficient (Wildman–Crippen LogP) is 2.91. The molecule has 84 valence electrons. The zero-order chi connectivity index (χ0) is 11.4. The molecule has 1 aromatic rings. The van der Waals surface area contributed by atoms with E-state index in [4.69, 9.17) is 4.74 Å². The van der Waals surface area contributed by atoms with Crippen LogP contribution in [0, 0.1) is 5.92 Å². The van der Waals surface area contributed by atoms with Gasteiger partial charge in [0.05, 0.1) is 13.0 Å². The van der Waals surface area contributed by atoms with Crippen LogP contribution >= 0.6 is 0 Å². The number of benzene rings is 1. The molecule has 2 nitrogen and oxygen atoms in total. The molecule has 16 heavy (non-hydrogen) atoms. The lowest BCUT2D eigenvalue weighted by Gasteiger charge is -2.25. The first-order chi connectivity index (χ1) is 7.83. The summed E-state index contributed by atoms with van der Waals surface area (Å²) in [5.41, 5.74) is 1.19. The molecule has 0 saturated carbocycles.